The van der Waals surface area contributed by atoms with E-state index in [0.717, 1.165) is 39.3 Å². The van der Waals surface area contributed by atoms with E-state index in [-0.39, 0.29) is 5.92 Å². The molecule has 0 aromatic heterocycles. The monoisotopic (exact) mass is 431 g/mol. The van der Waals surface area contributed by atoms with E-state index in [2.05, 4.69) is 59.2 Å². The van der Waals surface area contributed by atoms with Gasteiger partial charge in [-0.1, -0.05) is 24.3 Å². The summed E-state index contributed by atoms with van der Waals surface area (Å²) in [4.78, 5) is 18.4. The number of carboxylic acid groups (broad SMARTS) is 1. The van der Waals surface area contributed by atoms with E-state index in [4.69, 9.17) is 0 Å². The van der Waals surface area contributed by atoms with Gasteiger partial charge >= 0.3 is 5.97 Å². The highest BCUT2D eigenvalue weighted by Gasteiger charge is 2.25. The van der Waals surface area contributed by atoms with Gasteiger partial charge in [0.05, 0.1) is 5.56 Å². The number of anilines is 3. The number of benzene rings is 3. The summed E-state index contributed by atoms with van der Waals surface area (Å²) >= 11 is 0. The molecule has 0 amide bonds. The topological polar surface area (TPSA) is 47.0 Å². The van der Waals surface area contributed by atoms with Gasteiger partial charge in [-0.2, -0.15) is 0 Å². The first-order valence-corrected chi connectivity index (χ1v) is 10.7. The molecule has 3 aromatic rings. The quantitative estimate of drug-likeness (QED) is 0.529. The van der Waals surface area contributed by atoms with Crippen LogP contribution in [-0.4, -0.2) is 53.4 Å². The summed E-state index contributed by atoms with van der Waals surface area (Å²) in [5.41, 5.74) is 7.52. The maximum Gasteiger partial charge on any atom is 0.336 e. The molecule has 168 valence electrons. The average molecular weight is 432 g/mol. The highest BCUT2D eigenvalue weighted by molar-refractivity contribution is 5.91. The van der Waals surface area contributed by atoms with Crippen molar-refractivity contribution in [2.24, 2.45) is 0 Å². The van der Waals surface area contributed by atoms with Crippen molar-refractivity contribution in [2.75, 3.05) is 57.0 Å². The van der Waals surface area contributed by atoms with Gasteiger partial charge in [0.2, 0.25) is 0 Å². The van der Waals surface area contributed by atoms with Crippen LogP contribution in [0.15, 0.2) is 60.7 Å². The molecule has 1 unspecified atom stereocenters. The van der Waals surface area contributed by atoms with Crippen LogP contribution >= 0.6 is 0 Å². The van der Waals surface area contributed by atoms with E-state index in [1.54, 1.807) is 6.07 Å². The summed E-state index contributed by atoms with van der Waals surface area (Å²) in [6, 6.07) is 20.5. The number of carboxylic acids is 1. The number of nitrogens with zero attached hydrogens (tertiary/aromatic N) is 3. The summed E-state index contributed by atoms with van der Waals surface area (Å²) < 4.78 is 0. The normalized spacial score (nSPS) is 11.7. The van der Waals surface area contributed by atoms with Gasteiger partial charge in [-0.3, -0.25) is 0 Å². The lowest BCUT2D eigenvalue weighted by atomic mass is 9.80. The Morgan fingerprint density at radius 1 is 0.688 bits per heavy atom. The summed E-state index contributed by atoms with van der Waals surface area (Å²) in [7, 11) is 11.9. The molecule has 3 rings (SSSR count). The van der Waals surface area contributed by atoms with Gasteiger partial charge in [-0.05, 0) is 65.6 Å². The molecule has 1 N–H and O–H groups in total. The Balaban J connectivity index is 2.25. The Kier molecular flexibility index (Phi) is 6.78. The predicted molar refractivity (Wildman–Crippen MR) is 135 cm³/mol. The van der Waals surface area contributed by atoms with Crippen LogP contribution < -0.4 is 14.7 Å². The molecule has 1 atom stereocenters. The zero-order valence-electron chi connectivity index (χ0n) is 20.0. The third-order valence-electron chi connectivity index (χ3n) is 5.92. The molecule has 32 heavy (non-hydrogen) atoms. The van der Waals surface area contributed by atoms with E-state index in [0.29, 0.717) is 5.56 Å². The number of rotatable bonds is 7. The van der Waals surface area contributed by atoms with E-state index in [1.807, 2.05) is 59.3 Å². The van der Waals surface area contributed by atoms with E-state index < -0.39 is 5.97 Å². The second-order valence-electron chi connectivity index (χ2n) is 8.83. The minimum atomic E-state index is -0.916. The molecule has 5 heteroatoms. The highest BCUT2D eigenvalue weighted by Crippen LogP contribution is 2.38. The van der Waals surface area contributed by atoms with Gasteiger partial charge in [0.1, 0.15) is 0 Å². The van der Waals surface area contributed by atoms with Crippen LogP contribution in [0.1, 0.15) is 38.5 Å². The number of aryl methyl sites for hydroxylation is 1. The Hall–Kier alpha value is -3.47. The van der Waals surface area contributed by atoms with Crippen LogP contribution in [0, 0.1) is 6.92 Å². The van der Waals surface area contributed by atoms with Crippen molar-refractivity contribution in [2.45, 2.75) is 12.8 Å². The minimum Gasteiger partial charge on any atom is -0.478 e. The van der Waals surface area contributed by atoms with Crippen molar-refractivity contribution in [1.82, 2.24) is 0 Å². The fourth-order valence-electron chi connectivity index (χ4n) is 4.01. The molecule has 0 heterocycles. The molecule has 0 spiro atoms. The van der Waals surface area contributed by atoms with Crippen LogP contribution in [0.2, 0.25) is 0 Å². The molecule has 0 radical (unpaired) electrons. The number of hydrogen-bond donors (Lipinski definition) is 1. The summed E-state index contributed by atoms with van der Waals surface area (Å²) in [5.74, 6) is -1.11. The lowest BCUT2D eigenvalue weighted by Gasteiger charge is -2.25. The van der Waals surface area contributed by atoms with Gasteiger partial charge in [0, 0.05) is 65.3 Å². The molecule has 0 saturated heterocycles. The summed E-state index contributed by atoms with van der Waals surface area (Å²) in [5, 5.41) is 10.1. The molecular weight excluding hydrogens is 398 g/mol. The zero-order valence-corrected chi connectivity index (χ0v) is 20.0. The largest absolute Gasteiger partial charge is 0.478 e. The minimum absolute atomic E-state index is 0.190. The van der Waals surface area contributed by atoms with E-state index >= 15 is 0 Å². The molecular formula is C27H33N3O2. The summed E-state index contributed by atoms with van der Waals surface area (Å²) in [6.07, 6.45) is 0. The van der Waals surface area contributed by atoms with Crippen molar-refractivity contribution in [3.63, 3.8) is 0 Å². The van der Waals surface area contributed by atoms with Crippen molar-refractivity contribution in [1.29, 1.82) is 0 Å². The third kappa shape index (κ3) is 4.72. The van der Waals surface area contributed by atoms with Crippen molar-refractivity contribution < 1.29 is 9.90 Å². The van der Waals surface area contributed by atoms with Crippen LogP contribution in [0.3, 0.4) is 0 Å². The van der Waals surface area contributed by atoms with Gasteiger partial charge in [0.25, 0.3) is 0 Å². The SMILES string of the molecule is Cc1cc(N(C)C)ccc1C(c1ccc(N(C)C)cc1)c1ccc(N(C)C)cc1C(=O)O. The fraction of sp³-hybridized carbons (Fsp3) is 0.296. The first-order chi connectivity index (χ1) is 15.1. The van der Waals surface area contributed by atoms with Crippen LogP contribution in [0.4, 0.5) is 17.1 Å². The van der Waals surface area contributed by atoms with Crippen LogP contribution in [-0.2, 0) is 0 Å². The predicted octanol–water partition coefficient (Wildman–Crippen LogP) is 5.07. The molecule has 0 aliphatic heterocycles. The summed E-state index contributed by atoms with van der Waals surface area (Å²) in [6.45, 7) is 2.10. The lowest BCUT2D eigenvalue weighted by molar-refractivity contribution is 0.0695. The van der Waals surface area contributed by atoms with Gasteiger partial charge < -0.3 is 19.8 Å². The number of aromatic carboxylic acids is 1. The smallest absolute Gasteiger partial charge is 0.336 e. The molecule has 0 aliphatic rings. The van der Waals surface area contributed by atoms with Gasteiger partial charge in [0.15, 0.2) is 0 Å². The van der Waals surface area contributed by atoms with Gasteiger partial charge in [-0.25, -0.2) is 4.79 Å². The second-order valence-corrected chi connectivity index (χ2v) is 8.83. The molecule has 0 fully saturated rings. The Bertz CT molecular complexity index is 1100. The molecule has 0 bridgehead atoms. The number of carbonyl (C=O) groups is 1. The first kappa shape index (κ1) is 23.2. The number of hydrogen-bond acceptors (Lipinski definition) is 4. The zero-order chi connectivity index (χ0) is 23.6. The molecule has 0 saturated carbocycles. The third-order valence-corrected chi connectivity index (χ3v) is 5.92. The maximum absolute atomic E-state index is 12.3. The Labute approximate surface area is 191 Å². The maximum atomic E-state index is 12.3. The van der Waals surface area contributed by atoms with E-state index in [9.17, 15) is 9.90 Å². The fourth-order valence-corrected chi connectivity index (χ4v) is 4.01. The molecule has 3 aromatic carbocycles. The van der Waals surface area contributed by atoms with Gasteiger partial charge in [-0.15, -0.1) is 0 Å². The lowest BCUT2D eigenvalue weighted by Crippen LogP contribution is -2.15. The Morgan fingerprint density at radius 2 is 1.16 bits per heavy atom. The van der Waals surface area contributed by atoms with Crippen LogP contribution in [0.5, 0.6) is 0 Å². The van der Waals surface area contributed by atoms with Crippen molar-refractivity contribution >= 4 is 23.0 Å². The molecule has 5 nitrogen and oxygen atoms in total. The van der Waals surface area contributed by atoms with E-state index in [1.165, 1.54) is 0 Å². The van der Waals surface area contributed by atoms with Crippen LogP contribution in [0.25, 0.3) is 0 Å². The highest BCUT2D eigenvalue weighted by atomic mass is 16.4. The van der Waals surface area contributed by atoms with Crippen molar-refractivity contribution in [3.05, 3.63) is 88.5 Å². The standard InChI is InChI=1S/C27H33N3O2/c1-18-16-21(29(4)5)12-14-23(18)26(19-8-10-20(11-9-19)28(2)3)24-15-13-22(30(6)7)17-25(24)27(31)32/h8-17,26H,1-7H3,(H,31,32). The van der Waals surface area contributed by atoms with Crippen molar-refractivity contribution in [3.8, 4) is 0 Å². The second kappa shape index (κ2) is 9.35. The Morgan fingerprint density at radius 3 is 1.62 bits per heavy atom. The average Bonchev–Trinajstić information content (AvgIpc) is 2.75. The first-order valence-electron chi connectivity index (χ1n) is 10.7. The molecule has 0 aliphatic carbocycles.